The molecule has 0 aromatic heterocycles. The summed E-state index contributed by atoms with van der Waals surface area (Å²) >= 11 is 0. The summed E-state index contributed by atoms with van der Waals surface area (Å²) in [6.45, 7) is 0. The molecule has 5 heteroatoms. The van der Waals surface area contributed by atoms with Gasteiger partial charge in [-0.3, -0.25) is 0 Å². The number of carbonyl (C=O) groups excluding carboxylic acids is 1. The van der Waals surface area contributed by atoms with Crippen LogP contribution in [0.1, 0.15) is 10.4 Å². The van der Waals surface area contributed by atoms with Crippen LogP contribution in [0.5, 0.6) is 0 Å². The number of carbonyl (C=O) groups is 1. The van der Waals surface area contributed by atoms with Crippen molar-refractivity contribution < 1.29 is 37.5 Å². The fourth-order valence-corrected chi connectivity index (χ4v) is 0.623. The van der Waals surface area contributed by atoms with Gasteiger partial charge in [0.2, 0.25) is 0 Å². The predicted molar refractivity (Wildman–Crippen MR) is 30.7 cm³/mol. The van der Waals surface area contributed by atoms with Crippen LogP contribution in [0.2, 0.25) is 0 Å². The number of hydrogen-bond acceptors (Lipinski definition) is 2. The monoisotopic (exact) mass is 164 g/mol. The molecule has 12 heavy (non-hydrogen) atoms. The Labute approximate surface area is 79.4 Å². The van der Waals surface area contributed by atoms with E-state index in [2.05, 4.69) is 0 Å². The Bertz CT molecular complexity index is 301. The predicted octanol–water partition coefficient (Wildman–Crippen LogP) is -2.67. The molecule has 0 saturated carbocycles. The van der Waals surface area contributed by atoms with E-state index in [0.717, 1.165) is 12.1 Å². The Morgan fingerprint density at radius 1 is 1.25 bits per heavy atom. The van der Waals surface area contributed by atoms with Gasteiger partial charge in [0.1, 0.15) is 0 Å². The number of carboxylic acid groups (broad SMARTS) is 1. The standard InChI is InChI=1S/C7H4F2O2.Li/c8-5-2-1-4(7(10)11)3-6(5)9;/h1-3H,(H,10,11);/q;+1/p-1. The average Bonchev–Trinajstić information content (AvgIpc) is 1.94. The molecule has 1 rings (SSSR count). The summed E-state index contributed by atoms with van der Waals surface area (Å²) in [4.78, 5) is 10.1. The first-order valence-corrected chi connectivity index (χ1v) is 2.77. The van der Waals surface area contributed by atoms with E-state index in [4.69, 9.17) is 0 Å². The molecule has 0 unspecified atom stereocenters. The van der Waals surface area contributed by atoms with Crippen LogP contribution in [0.3, 0.4) is 0 Å². The molecular weight excluding hydrogens is 161 g/mol. The second-order valence-corrected chi connectivity index (χ2v) is 1.92. The number of rotatable bonds is 1. The van der Waals surface area contributed by atoms with Gasteiger partial charge in [-0.05, 0) is 12.1 Å². The molecule has 0 saturated heterocycles. The van der Waals surface area contributed by atoms with Crippen LogP contribution in [-0.4, -0.2) is 5.97 Å². The second-order valence-electron chi connectivity index (χ2n) is 1.92. The van der Waals surface area contributed by atoms with Crippen LogP contribution in [0.15, 0.2) is 18.2 Å². The molecular formula is C7H3F2LiO2. The topological polar surface area (TPSA) is 40.1 Å². The molecule has 0 fully saturated rings. The molecule has 0 N–H and O–H groups in total. The number of benzene rings is 1. The summed E-state index contributed by atoms with van der Waals surface area (Å²) in [5, 5.41) is 10.1. The van der Waals surface area contributed by atoms with Gasteiger partial charge in [0.25, 0.3) is 0 Å². The fourth-order valence-electron chi connectivity index (χ4n) is 0.623. The molecule has 0 aliphatic heterocycles. The average molecular weight is 164 g/mol. The molecule has 0 spiro atoms. The Morgan fingerprint density at radius 3 is 2.25 bits per heavy atom. The van der Waals surface area contributed by atoms with E-state index in [1.807, 2.05) is 0 Å². The minimum Gasteiger partial charge on any atom is -0.545 e. The van der Waals surface area contributed by atoms with Crippen molar-refractivity contribution >= 4 is 5.97 Å². The maximum atomic E-state index is 12.3. The smallest absolute Gasteiger partial charge is 0.545 e. The first-order chi connectivity index (χ1) is 5.11. The van der Waals surface area contributed by atoms with Crippen molar-refractivity contribution in [2.24, 2.45) is 0 Å². The molecule has 58 valence electrons. The Hall–Kier alpha value is -0.853. The van der Waals surface area contributed by atoms with E-state index >= 15 is 0 Å². The summed E-state index contributed by atoms with van der Waals surface area (Å²) in [5.41, 5.74) is -0.371. The molecule has 0 atom stereocenters. The summed E-state index contributed by atoms with van der Waals surface area (Å²) in [6, 6.07) is 2.25. The summed E-state index contributed by atoms with van der Waals surface area (Å²) in [7, 11) is 0. The zero-order valence-electron chi connectivity index (χ0n) is 6.30. The quantitative estimate of drug-likeness (QED) is 0.425. The van der Waals surface area contributed by atoms with E-state index in [0.29, 0.717) is 6.07 Å². The third kappa shape index (κ3) is 2.33. The van der Waals surface area contributed by atoms with Gasteiger partial charge >= 0.3 is 18.9 Å². The van der Waals surface area contributed by atoms with Crippen molar-refractivity contribution in [2.75, 3.05) is 0 Å². The van der Waals surface area contributed by atoms with Crippen molar-refractivity contribution in [1.29, 1.82) is 0 Å². The van der Waals surface area contributed by atoms with E-state index in [9.17, 15) is 18.7 Å². The van der Waals surface area contributed by atoms with E-state index in [1.165, 1.54) is 0 Å². The van der Waals surface area contributed by atoms with Crippen molar-refractivity contribution in [3.8, 4) is 0 Å². The van der Waals surface area contributed by atoms with Crippen LogP contribution in [0, 0.1) is 11.6 Å². The van der Waals surface area contributed by atoms with Crippen molar-refractivity contribution in [1.82, 2.24) is 0 Å². The number of hydrogen-bond donors (Lipinski definition) is 0. The second kappa shape index (κ2) is 4.24. The van der Waals surface area contributed by atoms with Gasteiger partial charge in [0.15, 0.2) is 11.6 Å². The van der Waals surface area contributed by atoms with Crippen LogP contribution >= 0.6 is 0 Å². The molecule has 0 radical (unpaired) electrons. The zero-order chi connectivity index (χ0) is 8.43. The third-order valence-corrected chi connectivity index (χ3v) is 1.16. The number of aromatic carboxylic acids is 1. The Morgan fingerprint density at radius 2 is 1.83 bits per heavy atom. The first-order valence-electron chi connectivity index (χ1n) is 2.77. The van der Waals surface area contributed by atoms with Gasteiger partial charge in [-0.1, -0.05) is 6.07 Å². The summed E-state index contributed by atoms with van der Waals surface area (Å²) in [5.74, 6) is -3.79. The van der Waals surface area contributed by atoms with Crippen molar-refractivity contribution in [2.45, 2.75) is 0 Å². The molecule has 1 aromatic carbocycles. The van der Waals surface area contributed by atoms with Gasteiger partial charge in [-0.25, -0.2) is 8.78 Å². The first kappa shape index (κ1) is 11.1. The Kier molecular flexibility index (Phi) is 3.94. The van der Waals surface area contributed by atoms with Gasteiger partial charge in [0.05, 0.1) is 5.97 Å². The normalized spacial score (nSPS) is 8.83. The molecule has 0 aliphatic rings. The van der Waals surface area contributed by atoms with Crippen molar-refractivity contribution in [3.05, 3.63) is 35.4 Å². The van der Waals surface area contributed by atoms with Crippen LogP contribution < -0.4 is 24.0 Å². The third-order valence-electron chi connectivity index (χ3n) is 1.16. The van der Waals surface area contributed by atoms with E-state index in [1.54, 1.807) is 0 Å². The minimum atomic E-state index is -1.52. The fraction of sp³-hybridized carbons (Fsp3) is 0. The SMILES string of the molecule is O=C([O-])c1ccc(F)c(F)c1.[Li+]. The van der Waals surface area contributed by atoms with Gasteiger partial charge < -0.3 is 9.90 Å². The Balaban J connectivity index is 0.00000121. The van der Waals surface area contributed by atoms with Gasteiger partial charge in [-0.2, -0.15) is 0 Å². The van der Waals surface area contributed by atoms with Gasteiger partial charge in [-0.15, -0.1) is 0 Å². The molecule has 1 aromatic rings. The van der Waals surface area contributed by atoms with Crippen LogP contribution in [-0.2, 0) is 0 Å². The largest absolute Gasteiger partial charge is 1.00 e. The number of carboxylic acids is 1. The van der Waals surface area contributed by atoms with Gasteiger partial charge in [0, 0.05) is 5.56 Å². The zero-order valence-corrected chi connectivity index (χ0v) is 6.30. The molecule has 0 heterocycles. The summed E-state index contributed by atoms with van der Waals surface area (Å²) in [6.07, 6.45) is 0. The minimum absolute atomic E-state index is 0. The maximum Gasteiger partial charge on any atom is 1.00 e. The van der Waals surface area contributed by atoms with Crippen LogP contribution in [0.25, 0.3) is 0 Å². The molecule has 0 aliphatic carbocycles. The van der Waals surface area contributed by atoms with Crippen LogP contribution in [0.4, 0.5) is 8.78 Å². The number of halogens is 2. The van der Waals surface area contributed by atoms with E-state index in [-0.39, 0.29) is 24.4 Å². The van der Waals surface area contributed by atoms with Crippen molar-refractivity contribution in [3.63, 3.8) is 0 Å². The maximum absolute atomic E-state index is 12.3. The molecule has 0 amide bonds. The summed E-state index contributed by atoms with van der Waals surface area (Å²) < 4.78 is 24.4. The molecule has 2 nitrogen and oxygen atoms in total. The van der Waals surface area contributed by atoms with E-state index < -0.39 is 17.6 Å². The molecule has 0 bridgehead atoms.